The fourth-order valence-electron chi connectivity index (χ4n) is 1.68. The van der Waals surface area contributed by atoms with Crippen molar-refractivity contribution in [3.63, 3.8) is 0 Å². The van der Waals surface area contributed by atoms with Crippen LogP contribution in [0.15, 0.2) is 24.3 Å². The van der Waals surface area contributed by atoms with Gasteiger partial charge in [-0.15, -0.1) is 5.10 Å². The third-order valence-corrected chi connectivity index (χ3v) is 3.97. The molecule has 0 fully saturated rings. The average Bonchev–Trinajstić information content (AvgIpc) is 2.92. The topological polar surface area (TPSA) is 69.9 Å². The molecule has 0 aliphatic heterocycles. The predicted octanol–water partition coefficient (Wildman–Crippen LogP) is 3.24. The Morgan fingerprint density at radius 3 is 2.68 bits per heavy atom. The molecule has 0 saturated heterocycles. The molecule has 0 amide bonds. The molecule has 0 unspecified atom stereocenters. The van der Waals surface area contributed by atoms with Crippen LogP contribution in [0.4, 0.5) is 0 Å². The SMILES string of the molecule is C=C(CC)C(=O)c1ccc(OCc2nnnn2C)c(Cl)c1Cl. The maximum Gasteiger partial charge on any atom is 0.189 e. The molecule has 0 bridgehead atoms. The van der Waals surface area contributed by atoms with E-state index in [-0.39, 0.29) is 22.4 Å². The van der Waals surface area contributed by atoms with E-state index in [0.29, 0.717) is 29.1 Å². The zero-order valence-corrected chi connectivity index (χ0v) is 13.6. The quantitative estimate of drug-likeness (QED) is 0.596. The average molecular weight is 341 g/mol. The number of aromatic nitrogens is 4. The molecule has 0 radical (unpaired) electrons. The molecule has 0 atom stereocenters. The number of aryl methyl sites for hydroxylation is 1. The number of Topliss-reactive ketones (excluding diaryl/α,β-unsaturated/α-hetero) is 1. The van der Waals surface area contributed by atoms with Gasteiger partial charge >= 0.3 is 0 Å². The van der Waals surface area contributed by atoms with Crippen LogP contribution in [-0.4, -0.2) is 26.0 Å². The van der Waals surface area contributed by atoms with Gasteiger partial charge in [-0.25, -0.2) is 4.68 Å². The lowest BCUT2D eigenvalue weighted by Gasteiger charge is -2.11. The molecule has 0 aliphatic rings. The second-order valence-electron chi connectivity index (χ2n) is 4.53. The largest absolute Gasteiger partial charge is 0.484 e. The van der Waals surface area contributed by atoms with E-state index >= 15 is 0 Å². The van der Waals surface area contributed by atoms with Crippen molar-refractivity contribution in [2.45, 2.75) is 20.0 Å². The molecule has 0 N–H and O–H groups in total. The van der Waals surface area contributed by atoms with E-state index in [4.69, 9.17) is 27.9 Å². The van der Waals surface area contributed by atoms with Crippen LogP contribution < -0.4 is 4.74 Å². The molecular weight excluding hydrogens is 327 g/mol. The van der Waals surface area contributed by atoms with Crippen LogP contribution >= 0.6 is 23.2 Å². The summed E-state index contributed by atoms with van der Waals surface area (Å²) in [5, 5.41) is 11.3. The van der Waals surface area contributed by atoms with Crippen molar-refractivity contribution in [1.29, 1.82) is 0 Å². The number of nitrogens with zero attached hydrogens (tertiary/aromatic N) is 4. The summed E-state index contributed by atoms with van der Waals surface area (Å²) in [5.74, 6) is 0.665. The zero-order valence-electron chi connectivity index (χ0n) is 12.1. The number of rotatable bonds is 6. The minimum atomic E-state index is -0.224. The van der Waals surface area contributed by atoms with Gasteiger partial charge in [0, 0.05) is 12.6 Å². The van der Waals surface area contributed by atoms with Crippen molar-refractivity contribution in [1.82, 2.24) is 20.2 Å². The van der Waals surface area contributed by atoms with Crippen LogP contribution in [0.2, 0.25) is 10.0 Å². The van der Waals surface area contributed by atoms with E-state index in [2.05, 4.69) is 22.1 Å². The van der Waals surface area contributed by atoms with Crippen molar-refractivity contribution in [2.75, 3.05) is 0 Å². The molecule has 0 spiro atoms. The van der Waals surface area contributed by atoms with Crippen molar-refractivity contribution in [3.05, 3.63) is 45.7 Å². The van der Waals surface area contributed by atoms with Crippen LogP contribution in [-0.2, 0) is 13.7 Å². The highest BCUT2D eigenvalue weighted by molar-refractivity contribution is 6.45. The van der Waals surface area contributed by atoms with Gasteiger partial charge in [-0.3, -0.25) is 4.79 Å². The number of carbonyl (C=O) groups is 1. The monoisotopic (exact) mass is 340 g/mol. The second-order valence-corrected chi connectivity index (χ2v) is 5.29. The number of benzene rings is 1. The highest BCUT2D eigenvalue weighted by Crippen LogP contribution is 2.36. The maximum atomic E-state index is 12.1. The standard InChI is InChI=1S/C14H14Cl2N4O2/c1-4-8(2)14(21)9-5-6-10(13(16)12(9)15)22-7-11-17-18-19-20(11)3/h5-6H,2,4,7H2,1,3H3. The Balaban J connectivity index is 2.21. The minimum Gasteiger partial charge on any atom is -0.484 e. The molecule has 1 aromatic heterocycles. The highest BCUT2D eigenvalue weighted by atomic mass is 35.5. The van der Waals surface area contributed by atoms with E-state index in [9.17, 15) is 4.79 Å². The Morgan fingerprint density at radius 2 is 2.09 bits per heavy atom. The van der Waals surface area contributed by atoms with Gasteiger partial charge in [0.05, 0.1) is 5.02 Å². The molecule has 1 aromatic carbocycles. The molecule has 8 heteroatoms. The van der Waals surface area contributed by atoms with Gasteiger partial charge in [-0.2, -0.15) is 0 Å². The summed E-state index contributed by atoms with van der Waals surface area (Å²) in [7, 11) is 1.70. The smallest absolute Gasteiger partial charge is 0.189 e. The van der Waals surface area contributed by atoms with Crippen LogP contribution in [0.1, 0.15) is 29.5 Å². The zero-order chi connectivity index (χ0) is 16.3. The molecule has 0 aliphatic carbocycles. The molecule has 116 valence electrons. The lowest BCUT2D eigenvalue weighted by molar-refractivity contribution is 0.103. The van der Waals surface area contributed by atoms with Crippen molar-refractivity contribution < 1.29 is 9.53 Å². The molecule has 1 heterocycles. The predicted molar refractivity (Wildman–Crippen MR) is 83.4 cm³/mol. The number of ether oxygens (including phenoxy) is 1. The summed E-state index contributed by atoms with van der Waals surface area (Å²) in [5.41, 5.74) is 0.781. The molecule has 22 heavy (non-hydrogen) atoms. The lowest BCUT2D eigenvalue weighted by atomic mass is 10.0. The number of hydrogen-bond acceptors (Lipinski definition) is 5. The van der Waals surface area contributed by atoms with Crippen LogP contribution in [0, 0.1) is 0 Å². The van der Waals surface area contributed by atoms with E-state index in [1.54, 1.807) is 19.2 Å². The maximum absolute atomic E-state index is 12.1. The first-order valence-corrected chi connectivity index (χ1v) is 7.25. The van der Waals surface area contributed by atoms with Gasteiger partial charge in [0.2, 0.25) is 0 Å². The third kappa shape index (κ3) is 3.28. The summed E-state index contributed by atoms with van der Waals surface area (Å²) in [6.45, 7) is 5.70. The first-order chi connectivity index (χ1) is 10.5. The Bertz CT molecular complexity index is 728. The molecule has 0 saturated carbocycles. The minimum absolute atomic E-state index is 0.133. The van der Waals surface area contributed by atoms with Gasteiger partial charge < -0.3 is 4.74 Å². The van der Waals surface area contributed by atoms with Crippen LogP contribution in [0.3, 0.4) is 0 Å². The summed E-state index contributed by atoms with van der Waals surface area (Å²) in [4.78, 5) is 12.1. The number of tetrazole rings is 1. The lowest BCUT2D eigenvalue weighted by Crippen LogP contribution is -2.06. The third-order valence-electron chi connectivity index (χ3n) is 3.10. The van der Waals surface area contributed by atoms with Gasteiger partial charge in [0.25, 0.3) is 0 Å². The summed E-state index contributed by atoms with van der Waals surface area (Å²) >= 11 is 12.3. The van der Waals surface area contributed by atoms with E-state index in [1.165, 1.54) is 4.68 Å². The van der Waals surface area contributed by atoms with Crippen molar-refractivity contribution >= 4 is 29.0 Å². The van der Waals surface area contributed by atoms with Gasteiger partial charge in [0.1, 0.15) is 17.4 Å². The number of carbonyl (C=O) groups excluding carboxylic acids is 1. The highest BCUT2D eigenvalue weighted by Gasteiger charge is 2.18. The molecular formula is C14H14Cl2N4O2. The first kappa shape index (κ1) is 16.5. The summed E-state index contributed by atoms with van der Waals surface area (Å²) in [6, 6.07) is 3.16. The summed E-state index contributed by atoms with van der Waals surface area (Å²) < 4.78 is 7.04. The van der Waals surface area contributed by atoms with E-state index < -0.39 is 0 Å². The van der Waals surface area contributed by atoms with E-state index in [1.807, 2.05) is 6.92 Å². The Labute approximate surface area is 137 Å². The van der Waals surface area contributed by atoms with Crippen LogP contribution in [0.25, 0.3) is 0 Å². The number of halogens is 2. The van der Waals surface area contributed by atoms with E-state index in [0.717, 1.165) is 0 Å². The normalized spacial score (nSPS) is 10.5. The second kappa shape index (κ2) is 6.89. The van der Waals surface area contributed by atoms with Crippen molar-refractivity contribution in [3.8, 4) is 5.75 Å². The molecule has 2 aromatic rings. The fraction of sp³-hybridized carbons (Fsp3) is 0.286. The number of allylic oxidation sites excluding steroid dienone is 1. The molecule has 2 rings (SSSR count). The Hall–Kier alpha value is -1.92. The molecule has 6 nitrogen and oxygen atoms in total. The van der Waals surface area contributed by atoms with Gasteiger partial charge in [0.15, 0.2) is 11.6 Å². The van der Waals surface area contributed by atoms with Gasteiger partial charge in [-0.1, -0.05) is 36.7 Å². The van der Waals surface area contributed by atoms with Crippen molar-refractivity contribution in [2.24, 2.45) is 7.05 Å². The Morgan fingerprint density at radius 1 is 1.36 bits per heavy atom. The fourth-order valence-corrected chi connectivity index (χ4v) is 2.14. The Kier molecular flexibility index (Phi) is 5.15. The van der Waals surface area contributed by atoms with Crippen LogP contribution in [0.5, 0.6) is 5.75 Å². The number of ketones is 1. The first-order valence-electron chi connectivity index (χ1n) is 6.50. The van der Waals surface area contributed by atoms with Gasteiger partial charge in [-0.05, 0) is 34.6 Å². The number of hydrogen-bond donors (Lipinski definition) is 0. The summed E-state index contributed by atoms with van der Waals surface area (Å²) in [6.07, 6.45) is 0.546.